The van der Waals surface area contributed by atoms with Crippen LogP contribution < -0.4 is 4.90 Å². The Morgan fingerprint density at radius 1 is 1.18 bits per heavy atom. The molecule has 1 aromatic heterocycles. The lowest BCUT2D eigenvalue weighted by atomic mass is 10.2. The van der Waals surface area contributed by atoms with E-state index in [2.05, 4.69) is 37.8 Å². The number of carbonyl (C=O) groups excluding carboxylic acids is 1. The van der Waals surface area contributed by atoms with Crippen LogP contribution in [0.1, 0.15) is 26.3 Å². The number of carbonyl (C=O) groups is 1. The Hall–Kier alpha value is -1.83. The van der Waals surface area contributed by atoms with Crippen molar-refractivity contribution in [2.75, 3.05) is 44.3 Å². The molecule has 1 amide bonds. The second-order valence-electron chi connectivity index (χ2n) is 6.34. The van der Waals surface area contributed by atoms with Crippen LogP contribution in [0.15, 0.2) is 30.2 Å². The molecule has 0 radical (unpaired) electrons. The monoisotopic (exact) mass is 425 g/mol. The van der Waals surface area contributed by atoms with Crippen molar-refractivity contribution >= 4 is 45.0 Å². The van der Waals surface area contributed by atoms with Crippen LogP contribution in [-0.2, 0) is 20.7 Å². The average Bonchev–Trinajstić information content (AvgIpc) is 3.14. The van der Waals surface area contributed by atoms with Gasteiger partial charge in [-0.1, -0.05) is 38.2 Å². The molecule has 0 unspecified atom stereocenters. The Morgan fingerprint density at radius 2 is 1.96 bits per heavy atom. The summed E-state index contributed by atoms with van der Waals surface area (Å²) < 4.78 is 11.9. The number of hydrogen-bond donors (Lipinski definition) is 0. The summed E-state index contributed by atoms with van der Waals surface area (Å²) in [6.45, 7) is 10.5. The van der Waals surface area contributed by atoms with E-state index in [1.807, 2.05) is 6.07 Å². The van der Waals surface area contributed by atoms with E-state index in [1.165, 1.54) is 11.8 Å². The van der Waals surface area contributed by atoms with E-state index in [4.69, 9.17) is 14.5 Å². The molecule has 0 spiro atoms. The van der Waals surface area contributed by atoms with Crippen molar-refractivity contribution in [3.05, 3.63) is 35.8 Å². The number of rotatable bonds is 8. The van der Waals surface area contributed by atoms with Crippen molar-refractivity contribution in [3.63, 3.8) is 0 Å². The van der Waals surface area contributed by atoms with Gasteiger partial charge >= 0.3 is 0 Å². The Balaban J connectivity index is 0.00000280. The summed E-state index contributed by atoms with van der Waals surface area (Å²) in [6.07, 6.45) is 2.39. The second kappa shape index (κ2) is 10.6. The first-order valence-electron chi connectivity index (χ1n) is 9.54. The zero-order valence-corrected chi connectivity index (χ0v) is 18.3. The Kier molecular flexibility index (Phi) is 8.54. The lowest BCUT2D eigenvalue weighted by Crippen LogP contribution is -2.40. The van der Waals surface area contributed by atoms with Crippen molar-refractivity contribution in [1.82, 2.24) is 9.88 Å². The number of likely N-dealkylation sites (N-methyl/N-ethyl adjacent to an activating group) is 1. The average molecular weight is 426 g/mol. The first kappa shape index (κ1) is 22.5. The minimum atomic E-state index is -0.198. The van der Waals surface area contributed by atoms with E-state index in [1.54, 1.807) is 16.2 Å². The summed E-state index contributed by atoms with van der Waals surface area (Å²) >= 11 is 1.55. The zero-order chi connectivity index (χ0) is 19.2. The van der Waals surface area contributed by atoms with Crippen LogP contribution in [0.3, 0.4) is 0 Å². The SMILES string of the molecule is CCc1ccc2nc(N(CCN(CC)CC)C(=O)C3=COCCO3)sc2c1.Cl. The number of hydrogen-bond acceptors (Lipinski definition) is 6. The Labute approximate surface area is 176 Å². The Morgan fingerprint density at radius 3 is 2.61 bits per heavy atom. The topological polar surface area (TPSA) is 54.9 Å². The summed E-state index contributed by atoms with van der Waals surface area (Å²) in [5.74, 6) is 0.0472. The molecular formula is C20H28ClN3O3S. The maximum absolute atomic E-state index is 13.1. The summed E-state index contributed by atoms with van der Waals surface area (Å²) in [5, 5.41) is 0.700. The largest absolute Gasteiger partial charge is 0.494 e. The molecule has 1 aliphatic rings. The zero-order valence-electron chi connectivity index (χ0n) is 16.6. The van der Waals surface area contributed by atoms with Gasteiger partial charge in [0.2, 0.25) is 5.76 Å². The van der Waals surface area contributed by atoms with Gasteiger partial charge < -0.3 is 14.4 Å². The van der Waals surface area contributed by atoms with Crippen LogP contribution in [-0.4, -0.2) is 55.2 Å². The number of aromatic nitrogens is 1. The fourth-order valence-electron chi connectivity index (χ4n) is 2.97. The Bertz CT molecular complexity index is 820. The molecule has 154 valence electrons. The first-order valence-corrected chi connectivity index (χ1v) is 10.4. The van der Waals surface area contributed by atoms with E-state index in [0.29, 0.717) is 24.9 Å². The predicted octanol–water partition coefficient (Wildman–Crippen LogP) is 3.84. The molecule has 1 aromatic carbocycles. The van der Waals surface area contributed by atoms with Crippen molar-refractivity contribution in [2.24, 2.45) is 0 Å². The van der Waals surface area contributed by atoms with Gasteiger partial charge in [0.1, 0.15) is 19.5 Å². The molecule has 6 nitrogen and oxygen atoms in total. The van der Waals surface area contributed by atoms with E-state index in [0.717, 1.165) is 36.3 Å². The third-order valence-corrected chi connectivity index (χ3v) is 5.76. The minimum absolute atomic E-state index is 0. The molecule has 8 heteroatoms. The van der Waals surface area contributed by atoms with Crippen molar-refractivity contribution in [2.45, 2.75) is 27.2 Å². The standard InChI is InChI=1S/C20H27N3O3S.ClH/c1-4-15-7-8-16-18(13-15)27-20(21-16)23(10-9-22(5-2)6-3)19(24)17-14-25-11-12-26-17;/h7-8,13-14H,4-6,9-12H2,1-3H3;1H. The molecule has 2 aromatic rings. The summed E-state index contributed by atoms with van der Waals surface area (Å²) in [4.78, 5) is 21.8. The number of anilines is 1. The van der Waals surface area contributed by atoms with E-state index >= 15 is 0 Å². The van der Waals surface area contributed by atoms with Crippen LogP contribution in [0.5, 0.6) is 0 Å². The molecule has 1 aliphatic heterocycles. The molecule has 3 rings (SSSR count). The van der Waals surface area contributed by atoms with Crippen LogP contribution in [0.2, 0.25) is 0 Å². The lowest BCUT2D eigenvalue weighted by Gasteiger charge is -2.26. The number of ether oxygens (including phenoxy) is 2. The van der Waals surface area contributed by atoms with Gasteiger partial charge in [0.25, 0.3) is 5.91 Å². The number of thiazole rings is 1. The highest BCUT2D eigenvalue weighted by Crippen LogP contribution is 2.30. The molecular weight excluding hydrogens is 398 g/mol. The number of aryl methyl sites for hydroxylation is 1. The van der Waals surface area contributed by atoms with Gasteiger partial charge in [0.15, 0.2) is 5.13 Å². The molecule has 0 fully saturated rings. The molecule has 0 bridgehead atoms. The van der Waals surface area contributed by atoms with Crippen molar-refractivity contribution < 1.29 is 14.3 Å². The van der Waals surface area contributed by atoms with E-state index in [9.17, 15) is 4.79 Å². The highest BCUT2D eigenvalue weighted by Gasteiger charge is 2.26. The summed E-state index contributed by atoms with van der Waals surface area (Å²) in [6, 6.07) is 6.28. The quantitative estimate of drug-likeness (QED) is 0.643. The highest BCUT2D eigenvalue weighted by atomic mass is 35.5. The predicted molar refractivity (Wildman–Crippen MR) is 116 cm³/mol. The van der Waals surface area contributed by atoms with Gasteiger partial charge in [-0.2, -0.15) is 0 Å². The van der Waals surface area contributed by atoms with Crippen LogP contribution in [0.4, 0.5) is 5.13 Å². The van der Waals surface area contributed by atoms with Gasteiger partial charge in [-0.25, -0.2) is 4.98 Å². The molecule has 0 atom stereocenters. The van der Waals surface area contributed by atoms with E-state index < -0.39 is 0 Å². The third-order valence-electron chi connectivity index (χ3n) is 4.72. The number of amides is 1. The molecule has 28 heavy (non-hydrogen) atoms. The van der Waals surface area contributed by atoms with E-state index in [-0.39, 0.29) is 24.1 Å². The second-order valence-corrected chi connectivity index (χ2v) is 7.35. The number of fused-ring (bicyclic) bond motifs is 1. The van der Waals surface area contributed by atoms with Crippen LogP contribution in [0.25, 0.3) is 10.2 Å². The molecule has 2 heterocycles. The number of nitrogens with zero attached hydrogens (tertiary/aromatic N) is 3. The minimum Gasteiger partial charge on any atom is -0.494 e. The number of halogens is 1. The molecule has 0 saturated carbocycles. The van der Waals surface area contributed by atoms with Crippen LogP contribution >= 0.6 is 23.7 Å². The molecule has 0 saturated heterocycles. The maximum Gasteiger partial charge on any atom is 0.298 e. The van der Waals surface area contributed by atoms with Gasteiger partial charge in [0, 0.05) is 13.1 Å². The van der Waals surface area contributed by atoms with Gasteiger partial charge in [-0.15, -0.1) is 12.4 Å². The smallest absolute Gasteiger partial charge is 0.298 e. The van der Waals surface area contributed by atoms with Crippen LogP contribution in [0, 0.1) is 0 Å². The molecule has 0 aliphatic carbocycles. The first-order chi connectivity index (χ1) is 13.2. The van der Waals surface area contributed by atoms with Gasteiger partial charge in [-0.3, -0.25) is 9.69 Å². The third kappa shape index (κ3) is 5.16. The fraction of sp³-hybridized carbons (Fsp3) is 0.500. The summed E-state index contributed by atoms with van der Waals surface area (Å²) in [7, 11) is 0. The normalized spacial score (nSPS) is 13.5. The fourth-order valence-corrected chi connectivity index (χ4v) is 4.02. The summed E-state index contributed by atoms with van der Waals surface area (Å²) in [5.41, 5.74) is 2.19. The lowest BCUT2D eigenvalue weighted by molar-refractivity contribution is -0.119. The number of benzene rings is 1. The maximum atomic E-state index is 13.1. The molecule has 0 N–H and O–H groups in total. The highest BCUT2D eigenvalue weighted by molar-refractivity contribution is 7.22. The van der Waals surface area contributed by atoms with Crippen molar-refractivity contribution in [3.8, 4) is 0 Å². The van der Waals surface area contributed by atoms with Gasteiger partial charge in [-0.05, 0) is 37.2 Å². The van der Waals surface area contributed by atoms with Crippen molar-refractivity contribution in [1.29, 1.82) is 0 Å². The van der Waals surface area contributed by atoms with Gasteiger partial charge in [0.05, 0.1) is 10.2 Å².